The van der Waals surface area contributed by atoms with Crippen LogP contribution in [0.2, 0.25) is 0 Å². The average Bonchev–Trinajstić information content (AvgIpc) is 2.35. The molecule has 1 aromatic heterocycles. The summed E-state index contributed by atoms with van der Waals surface area (Å²) >= 11 is 1.57. The van der Waals surface area contributed by atoms with E-state index in [-0.39, 0.29) is 0 Å². The minimum atomic E-state index is 0.706. The number of rotatable bonds is 8. The lowest BCUT2D eigenvalue weighted by Crippen LogP contribution is -2.09. The minimum Gasteiger partial charge on any atom is -0.370 e. The molecule has 1 rings (SSSR count). The van der Waals surface area contributed by atoms with Crippen LogP contribution in [0.15, 0.2) is 11.2 Å². The fraction of sp³-hybridized carbons (Fsp3) is 0.692. The number of hydrogen-bond donors (Lipinski definition) is 2. The molecule has 0 bridgehead atoms. The Bertz CT molecular complexity index is 355. The molecule has 5 heteroatoms. The van der Waals surface area contributed by atoms with Gasteiger partial charge in [0.15, 0.2) is 5.16 Å². The van der Waals surface area contributed by atoms with Crippen molar-refractivity contribution in [3.05, 3.63) is 6.07 Å². The molecule has 2 N–H and O–H groups in total. The second-order valence-corrected chi connectivity index (χ2v) is 5.43. The highest BCUT2D eigenvalue weighted by atomic mass is 32.2. The van der Waals surface area contributed by atoms with Crippen LogP contribution in [0.1, 0.15) is 33.6 Å². The molecular weight excluding hydrogens is 244 g/mol. The number of nitrogens with zero attached hydrogens (tertiary/aromatic N) is 2. The Hall–Kier alpha value is -0.970. The summed E-state index contributed by atoms with van der Waals surface area (Å²) in [6.45, 7) is 8.49. The fourth-order valence-corrected chi connectivity index (χ4v) is 1.82. The maximum absolute atomic E-state index is 4.46. The zero-order valence-corrected chi connectivity index (χ0v) is 12.6. The number of nitrogens with one attached hydrogen (secondary N) is 2. The van der Waals surface area contributed by atoms with E-state index in [1.165, 1.54) is 0 Å². The molecule has 4 nitrogen and oxygen atoms in total. The van der Waals surface area contributed by atoms with E-state index < -0.39 is 0 Å². The van der Waals surface area contributed by atoms with Crippen LogP contribution in [0.5, 0.6) is 0 Å². The largest absolute Gasteiger partial charge is 0.370 e. The van der Waals surface area contributed by atoms with E-state index >= 15 is 0 Å². The van der Waals surface area contributed by atoms with Crippen molar-refractivity contribution in [2.75, 3.05) is 30.0 Å². The lowest BCUT2D eigenvalue weighted by Gasteiger charge is -2.11. The van der Waals surface area contributed by atoms with Gasteiger partial charge in [0.25, 0.3) is 0 Å². The first kappa shape index (κ1) is 15.1. The van der Waals surface area contributed by atoms with E-state index in [4.69, 9.17) is 0 Å². The Morgan fingerprint density at radius 2 is 1.78 bits per heavy atom. The van der Waals surface area contributed by atoms with Crippen LogP contribution in [-0.4, -0.2) is 29.3 Å². The first-order valence-corrected chi connectivity index (χ1v) is 7.79. The lowest BCUT2D eigenvalue weighted by atomic mass is 10.1. The Morgan fingerprint density at radius 1 is 1.17 bits per heavy atom. The quantitative estimate of drug-likeness (QED) is 0.558. The Labute approximate surface area is 114 Å². The van der Waals surface area contributed by atoms with Gasteiger partial charge in [-0.2, -0.15) is 0 Å². The summed E-state index contributed by atoms with van der Waals surface area (Å²) in [5.74, 6) is 2.52. The SMILES string of the molecule is CCCNc1cc(NCCC(C)C)nc(SC)n1. The van der Waals surface area contributed by atoms with E-state index in [1.54, 1.807) is 11.8 Å². The highest BCUT2D eigenvalue weighted by molar-refractivity contribution is 7.98. The highest BCUT2D eigenvalue weighted by Gasteiger charge is 2.03. The molecule has 0 aliphatic carbocycles. The first-order valence-electron chi connectivity index (χ1n) is 6.56. The van der Waals surface area contributed by atoms with Crippen molar-refractivity contribution in [3.63, 3.8) is 0 Å². The Kier molecular flexibility index (Phi) is 6.86. The van der Waals surface area contributed by atoms with Crippen LogP contribution in [0, 0.1) is 5.92 Å². The summed E-state index contributed by atoms with van der Waals surface area (Å²) in [6, 6.07) is 1.98. The van der Waals surface area contributed by atoms with Gasteiger partial charge in [0, 0.05) is 19.2 Å². The molecule has 0 aromatic carbocycles. The summed E-state index contributed by atoms with van der Waals surface area (Å²) in [5.41, 5.74) is 0. The van der Waals surface area contributed by atoms with Crippen molar-refractivity contribution >= 4 is 23.4 Å². The topological polar surface area (TPSA) is 49.8 Å². The van der Waals surface area contributed by atoms with E-state index in [0.717, 1.165) is 42.7 Å². The zero-order valence-electron chi connectivity index (χ0n) is 11.8. The summed E-state index contributed by atoms with van der Waals surface area (Å²) in [6.07, 6.45) is 4.24. The molecule has 0 aliphatic rings. The summed E-state index contributed by atoms with van der Waals surface area (Å²) in [7, 11) is 0. The van der Waals surface area contributed by atoms with Gasteiger partial charge in [0.05, 0.1) is 0 Å². The van der Waals surface area contributed by atoms with E-state index in [1.807, 2.05) is 12.3 Å². The molecule has 0 radical (unpaired) electrons. The average molecular weight is 268 g/mol. The molecular formula is C13H24N4S. The van der Waals surface area contributed by atoms with Crippen LogP contribution in [-0.2, 0) is 0 Å². The van der Waals surface area contributed by atoms with Crippen molar-refractivity contribution < 1.29 is 0 Å². The Morgan fingerprint density at radius 3 is 2.28 bits per heavy atom. The van der Waals surface area contributed by atoms with Crippen LogP contribution < -0.4 is 10.6 Å². The van der Waals surface area contributed by atoms with E-state index in [0.29, 0.717) is 5.92 Å². The third-order valence-corrected chi connectivity index (χ3v) is 3.02. The summed E-state index contributed by atoms with van der Waals surface area (Å²) < 4.78 is 0. The van der Waals surface area contributed by atoms with Gasteiger partial charge in [0.2, 0.25) is 0 Å². The molecule has 0 amide bonds. The van der Waals surface area contributed by atoms with Crippen molar-refractivity contribution in [2.24, 2.45) is 5.92 Å². The molecule has 0 spiro atoms. The summed E-state index contributed by atoms with van der Waals surface area (Å²) in [4.78, 5) is 8.89. The van der Waals surface area contributed by atoms with Crippen molar-refractivity contribution in [1.82, 2.24) is 9.97 Å². The Balaban J connectivity index is 2.64. The molecule has 1 aromatic rings. The van der Waals surface area contributed by atoms with Crippen molar-refractivity contribution in [1.29, 1.82) is 0 Å². The fourth-order valence-electron chi connectivity index (χ4n) is 1.44. The third-order valence-electron chi connectivity index (χ3n) is 2.47. The maximum Gasteiger partial charge on any atom is 0.191 e. The smallest absolute Gasteiger partial charge is 0.191 e. The lowest BCUT2D eigenvalue weighted by molar-refractivity contribution is 0.606. The molecule has 102 valence electrons. The number of anilines is 2. The van der Waals surface area contributed by atoms with Gasteiger partial charge in [-0.05, 0) is 25.0 Å². The van der Waals surface area contributed by atoms with Crippen LogP contribution in [0.4, 0.5) is 11.6 Å². The molecule has 0 atom stereocenters. The van der Waals surface area contributed by atoms with E-state index in [2.05, 4.69) is 41.4 Å². The number of thioether (sulfide) groups is 1. The predicted octanol–water partition coefficient (Wildman–Crippen LogP) is 3.48. The maximum atomic E-state index is 4.46. The number of hydrogen-bond acceptors (Lipinski definition) is 5. The molecule has 18 heavy (non-hydrogen) atoms. The van der Waals surface area contributed by atoms with Gasteiger partial charge in [-0.3, -0.25) is 0 Å². The second-order valence-electron chi connectivity index (χ2n) is 4.66. The van der Waals surface area contributed by atoms with Gasteiger partial charge in [-0.1, -0.05) is 32.5 Å². The van der Waals surface area contributed by atoms with Gasteiger partial charge in [0.1, 0.15) is 11.6 Å². The zero-order chi connectivity index (χ0) is 13.4. The van der Waals surface area contributed by atoms with Crippen molar-refractivity contribution in [3.8, 4) is 0 Å². The third kappa shape index (κ3) is 5.58. The molecule has 0 saturated heterocycles. The van der Waals surface area contributed by atoms with Crippen molar-refractivity contribution in [2.45, 2.75) is 38.8 Å². The first-order chi connectivity index (χ1) is 8.65. The molecule has 0 saturated carbocycles. The minimum absolute atomic E-state index is 0.706. The molecule has 1 heterocycles. The predicted molar refractivity (Wildman–Crippen MR) is 80.5 cm³/mol. The second kappa shape index (κ2) is 8.19. The molecule has 0 aliphatic heterocycles. The van der Waals surface area contributed by atoms with Gasteiger partial charge >= 0.3 is 0 Å². The van der Waals surface area contributed by atoms with Crippen LogP contribution >= 0.6 is 11.8 Å². The van der Waals surface area contributed by atoms with E-state index in [9.17, 15) is 0 Å². The normalized spacial score (nSPS) is 10.7. The van der Waals surface area contributed by atoms with Gasteiger partial charge < -0.3 is 10.6 Å². The van der Waals surface area contributed by atoms with Gasteiger partial charge in [-0.15, -0.1) is 0 Å². The molecule has 0 unspecified atom stereocenters. The number of aromatic nitrogens is 2. The monoisotopic (exact) mass is 268 g/mol. The van der Waals surface area contributed by atoms with Crippen LogP contribution in [0.25, 0.3) is 0 Å². The van der Waals surface area contributed by atoms with Crippen LogP contribution in [0.3, 0.4) is 0 Å². The highest BCUT2D eigenvalue weighted by Crippen LogP contribution is 2.17. The van der Waals surface area contributed by atoms with Gasteiger partial charge in [-0.25, -0.2) is 9.97 Å². The summed E-state index contributed by atoms with van der Waals surface area (Å²) in [5, 5.41) is 7.48. The standard InChI is InChI=1S/C13H24N4S/c1-5-7-14-11-9-12(15-8-6-10(2)3)17-13(16-11)18-4/h9-10H,5-8H2,1-4H3,(H2,14,15,16,17). The molecule has 0 fully saturated rings.